The van der Waals surface area contributed by atoms with Crippen LogP contribution in [0.1, 0.15) is 79.1 Å². The fourth-order valence-corrected chi connectivity index (χ4v) is 8.58. The fraction of sp³-hybridized carbons (Fsp3) is 0.955. The second-order valence-electron chi connectivity index (χ2n) is 11.0. The van der Waals surface area contributed by atoms with Gasteiger partial charge in [0.2, 0.25) is 0 Å². The number of carbonyl (C=O) groups is 1. The summed E-state index contributed by atoms with van der Waals surface area (Å²) in [4.78, 5) is 12.0. The second kappa shape index (κ2) is 4.82. The zero-order valence-corrected chi connectivity index (χ0v) is 16.4. The van der Waals surface area contributed by atoms with Gasteiger partial charge in [0.15, 0.2) is 0 Å². The Balaban J connectivity index is 1.60. The molecule has 5 rings (SSSR count). The Labute approximate surface area is 152 Å². The van der Waals surface area contributed by atoms with Gasteiger partial charge in [0.25, 0.3) is 0 Å². The molecule has 2 spiro atoms. The van der Waals surface area contributed by atoms with Crippen molar-refractivity contribution in [1.29, 1.82) is 0 Å². The molecule has 5 aliphatic rings. The van der Waals surface area contributed by atoms with Crippen molar-refractivity contribution in [2.75, 3.05) is 6.61 Å². The van der Waals surface area contributed by atoms with E-state index in [-0.39, 0.29) is 23.1 Å². The Morgan fingerprint density at radius 3 is 2.56 bits per heavy atom. The maximum atomic E-state index is 12.0. The van der Waals surface area contributed by atoms with Gasteiger partial charge in [-0.2, -0.15) is 0 Å². The Morgan fingerprint density at radius 2 is 1.88 bits per heavy atom. The summed E-state index contributed by atoms with van der Waals surface area (Å²) in [6.45, 7) is 10.1. The first-order chi connectivity index (χ1) is 11.7. The molecule has 2 bridgehead atoms. The van der Waals surface area contributed by atoms with Gasteiger partial charge in [0.05, 0.1) is 12.2 Å². The summed E-state index contributed by atoms with van der Waals surface area (Å²) < 4.78 is 12.1. The first kappa shape index (κ1) is 16.6. The van der Waals surface area contributed by atoms with Crippen LogP contribution in [-0.2, 0) is 14.3 Å². The molecule has 0 N–H and O–H groups in total. The lowest BCUT2D eigenvalue weighted by Gasteiger charge is -2.65. The number of esters is 1. The van der Waals surface area contributed by atoms with Crippen LogP contribution in [0.15, 0.2) is 0 Å². The van der Waals surface area contributed by atoms with Crippen LogP contribution < -0.4 is 0 Å². The minimum absolute atomic E-state index is 0.0878. The number of rotatable bonds is 1. The lowest BCUT2D eigenvalue weighted by molar-refractivity contribution is -0.212. The number of ether oxygens (including phenoxy) is 2. The van der Waals surface area contributed by atoms with Crippen molar-refractivity contribution in [3.05, 3.63) is 0 Å². The molecule has 7 atom stereocenters. The lowest BCUT2D eigenvalue weighted by Crippen LogP contribution is -2.61. The van der Waals surface area contributed by atoms with Gasteiger partial charge in [0, 0.05) is 12.3 Å². The number of hydrogen-bond acceptors (Lipinski definition) is 3. The molecule has 140 valence electrons. The number of hydrogen-bond donors (Lipinski definition) is 0. The van der Waals surface area contributed by atoms with Crippen LogP contribution in [0.25, 0.3) is 0 Å². The molecular weight excluding hydrogens is 312 g/mol. The monoisotopic (exact) mass is 346 g/mol. The molecule has 0 unspecified atom stereocenters. The van der Waals surface area contributed by atoms with Crippen LogP contribution in [0.4, 0.5) is 0 Å². The van der Waals surface area contributed by atoms with E-state index in [1.165, 1.54) is 38.5 Å². The van der Waals surface area contributed by atoms with Gasteiger partial charge in [-0.1, -0.05) is 27.2 Å². The van der Waals surface area contributed by atoms with E-state index in [0.29, 0.717) is 28.6 Å². The summed E-state index contributed by atoms with van der Waals surface area (Å²) >= 11 is 0. The summed E-state index contributed by atoms with van der Waals surface area (Å²) in [7, 11) is 0. The van der Waals surface area contributed by atoms with Crippen molar-refractivity contribution in [1.82, 2.24) is 0 Å². The largest absolute Gasteiger partial charge is 0.462 e. The van der Waals surface area contributed by atoms with E-state index < -0.39 is 0 Å². The molecule has 3 heteroatoms. The van der Waals surface area contributed by atoms with Crippen molar-refractivity contribution < 1.29 is 14.3 Å². The minimum Gasteiger partial charge on any atom is -0.462 e. The first-order valence-corrected chi connectivity index (χ1v) is 10.5. The van der Waals surface area contributed by atoms with E-state index in [1.54, 1.807) is 6.92 Å². The summed E-state index contributed by atoms with van der Waals surface area (Å²) in [5.41, 5.74) is 1.10. The molecule has 3 nitrogen and oxygen atoms in total. The van der Waals surface area contributed by atoms with Crippen LogP contribution >= 0.6 is 0 Å². The van der Waals surface area contributed by atoms with E-state index in [4.69, 9.17) is 9.47 Å². The molecule has 0 amide bonds. The minimum atomic E-state index is -0.0878. The average molecular weight is 347 g/mol. The molecule has 0 aromatic heterocycles. The summed E-state index contributed by atoms with van der Waals surface area (Å²) in [5, 5.41) is 0. The predicted octanol–water partition coefficient (Wildman–Crippen LogP) is 4.73. The standard InChI is InChI=1S/C22H34O3/c1-14(23)25-18-10-17-19(2,3)8-5-9-20(17,4)16-7-6-15-11-21(16,18)12-22(15)13-24-22/h15-18H,5-13H2,1-4H3/t15-,16+,17-,18+,20+,21-,22+/m1/s1. The van der Waals surface area contributed by atoms with Crippen molar-refractivity contribution in [2.45, 2.75) is 90.8 Å². The number of epoxide rings is 1. The van der Waals surface area contributed by atoms with Crippen molar-refractivity contribution in [3.8, 4) is 0 Å². The topological polar surface area (TPSA) is 38.8 Å². The van der Waals surface area contributed by atoms with Gasteiger partial charge in [0.1, 0.15) is 6.10 Å². The van der Waals surface area contributed by atoms with Gasteiger partial charge >= 0.3 is 5.97 Å². The molecule has 5 fully saturated rings. The van der Waals surface area contributed by atoms with E-state index in [0.717, 1.165) is 19.4 Å². The second-order valence-corrected chi connectivity index (χ2v) is 11.0. The van der Waals surface area contributed by atoms with Crippen molar-refractivity contribution in [2.24, 2.45) is 34.0 Å². The van der Waals surface area contributed by atoms with Crippen molar-refractivity contribution in [3.63, 3.8) is 0 Å². The summed E-state index contributed by atoms with van der Waals surface area (Å²) in [6, 6.07) is 0. The maximum Gasteiger partial charge on any atom is 0.302 e. The number of carbonyl (C=O) groups excluding carboxylic acids is 1. The molecule has 0 aromatic carbocycles. The fourth-order valence-electron chi connectivity index (χ4n) is 8.58. The SMILES string of the molecule is CC(=O)O[C@H]1C[C@@H]2C(C)(C)CCC[C@@]2(C)[C@@H]2CC[C@@H]3C[C@]12C[C@]31CO1. The van der Waals surface area contributed by atoms with Gasteiger partial charge in [-0.3, -0.25) is 4.79 Å². The summed E-state index contributed by atoms with van der Waals surface area (Å²) in [5.74, 6) is 1.98. The molecule has 25 heavy (non-hydrogen) atoms. The van der Waals surface area contributed by atoms with Gasteiger partial charge < -0.3 is 9.47 Å². The van der Waals surface area contributed by atoms with E-state index in [9.17, 15) is 4.79 Å². The maximum absolute atomic E-state index is 12.0. The van der Waals surface area contributed by atoms with Gasteiger partial charge in [-0.05, 0) is 73.5 Å². The third-order valence-corrected chi connectivity index (χ3v) is 9.48. The zero-order chi connectivity index (χ0) is 17.7. The molecule has 1 saturated heterocycles. The third kappa shape index (κ3) is 2.05. The van der Waals surface area contributed by atoms with Crippen LogP contribution in [0.2, 0.25) is 0 Å². The normalized spacial score (nSPS) is 55.4. The smallest absolute Gasteiger partial charge is 0.302 e. The van der Waals surface area contributed by atoms with Crippen molar-refractivity contribution >= 4 is 5.97 Å². The molecule has 1 heterocycles. The van der Waals surface area contributed by atoms with Crippen LogP contribution in [0.5, 0.6) is 0 Å². The highest BCUT2D eigenvalue weighted by Crippen LogP contribution is 2.75. The van der Waals surface area contributed by atoms with E-state index in [2.05, 4.69) is 20.8 Å². The predicted molar refractivity (Wildman–Crippen MR) is 96.0 cm³/mol. The highest BCUT2D eigenvalue weighted by Gasteiger charge is 2.74. The van der Waals surface area contributed by atoms with E-state index >= 15 is 0 Å². The Bertz CT molecular complexity index is 606. The van der Waals surface area contributed by atoms with E-state index in [1.807, 2.05) is 0 Å². The first-order valence-electron chi connectivity index (χ1n) is 10.5. The Hall–Kier alpha value is -0.570. The van der Waals surface area contributed by atoms with Crippen LogP contribution in [0, 0.1) is 34.0 Å². The molecular formula is C22H34O3. The lowest BCUT2D eigenvalue weighted by atomic mass is 9.40. The third-order valence-electron chi connectivity index (χ3n) is 9.48. The molecule has 4 saturated carbocycles. The molecule has 4 aliphatic carbocycles. The van der Waals surface area contributed by atoms with Crippen LogP contribution in [0.3, 0.4) is 0 Å². The van der Waals surface area contributed by atoms with Gasteiger partial charge in [-0.15, -0.1) is 0 Å². The number of fused-ring (bicyclic) bond motifs is 4. The molecule has 1 aliphatic heterocycles. The van der Waals surface area contributed by atoms with Gasteiger partial charge in [-0.25, -0.2) is 0 Å². The summed E-state index contributed by atoms with van der Waals surface area (Å²) in [6.07, 6.45) is 10.2. The Morgan fingerprint density at radius 1 is 1.12 bits per heavy atom. The average Bonchev–Trinajstić information content (AvgIpc) is 3.24. The zero-order valence-electron chi connectivity index (χ0n) is 16.4. The Kier molecular flexibility index (Phi) is 3.20. The van der Waals surface area contributed by atoms with Crippen LogP contribution in [-0.4, -0.2) is 24.3 Å². The highest BCUT2D eigenvalue weighted by molar-refractivity contribution is 5.66. The molecule has 0 aromatic rings. The quantitative estimate of drug-likeness (QED) is 0.509. The highest BCUT2D eigenvalue weighted by atomic mass is 16.6. The molecule has 0 radical (unpaired) electrons.